The molecule has 0 rings (SSSR count). The molecule has 6 nitrogen and oxygen atoms in total. The van der Waals surface area contributed by atoms with Crippen molar-refractivity contribution in [1.29, 1.82) is 0 Å². The van der Waals surface area contributed by atoms with Gasteiger partial charge in [-0.15, -0.1) is 0 Å². The second-order valence-electron chi connectivity index (χ2n) is 20.6. The summed E-state index contributed by atoms with van der Waals surface area (Å²) < 4.78 is 16.8. The van der Waals surface area contributed by atoms with Gasteiger partial charge in [-0.3, -0.25) is 14.4 Å². The topological polar surface area (TPSA) is 78.9 Å². The number of carbonyl (C=O) groups is 3. The van der Waals surface area contributed by atoms with Crippen LogP contribution in [0.25, 0.3) is 0 Å². The average Bonchev–Trinajstić information content (AvgIpc) is 3.41. The molecule has 6 heteroatoms. The van der Waals surface area contributed by atoms with Crippen LogP contribution in [-0.2, 0) is 28.6 Å². The molecule has 0 aromatic rings. The molecule has 1 atom stereocenters. The Morgan fingerprint density at radius 2 is 0.520 bits per heavy atom. The van der Waals surface area contributed by atoms with E-state index in [4.69, 9.17) is 14.2 Å². The molecule has 0 aromatic carbocycles. The number of rotatable bonds is 56. The van der Waals surface area contributed by atoms with E-state index >= 15 is 0 Å². The molecule has 0 radical (unpaired) electrons. The first kappa shape index (κ1) is 71.1. The van der Waals surface area contributed by atoms with Crippen molar-refractivity contribution in [3.05, 3.63) is 109 Å². The monoisotopic (exact) mass is 1040 g/mol. The fraction of sp³-hybridized carbons (Fsp3) is 0.696. The van der Waals surface area contributed by atoms with E-state index in [1.165, 1.54) is 122 Å². The van der Waals surface area contributed by atoms with Crippen LogP contribution < -0.4 is 0 Å². The molecule has 0 N–H and O–H groups in total. The van der Waals surface area contributed by atoms with Gasteiger partial charge in [-0.2, -0.15) is 0 Å². The number of ether oxygens (including phenoxy) is 3. The van der Waals surface area contributed by atoms with Crippen LogP contribution in [0.3, 0.4) is 0 Å². The van der Waals surface area contributed by atoms with Gasteiger partial charge in [-0.1, -0.05) is 271 Å². The SMILES string of the molecule is CC/C=C\C/C=C\C/C=C\C/C=C\C/C=C\C/C=C\CCCCCCCCC(=O)OC(COC(=O)CCCCCCC)COC(=O)CCCCCCCCCCCCCC/C=C\C/C=C\C/C=C\CCCCCCC. The fourth-order valence-electron chi connectivity index (χ4n) is 8.57. The Bertz CT molecular complexity index is 1520. The Balaban J connectivity index is 4.11. The predicted molar refractivity (Wildman–Crippen MR) is 325 cm³/mol. The number of unbranched alkanes of at least 4 members (excludes halogenated alkanes) is 27. The van der Waals surface area contributed by atoms with Crippen molar-refractivity contribution in [3.8, 4) is 0 Å². The maximum absolute atomic E-state index is 12.8. The standard InChI is InChI=1S/C69H116O6/c1-4-7-10-13-15-17-19-21-23-25-27-29-31-33-34-36-37-39-41-43-45-47-49-51-53-56-59-62-68(71)74-65-66(64-73-67(70)61-58-55-12-9-6-3)75-69(72)63-60-57-54-52-50-48-46-44-42-40-38-35-32-30-28-26-24-22-20-18-16-14-11-8-5-2/h8,11,16,18-19,21-22,24-25,27-28,30-31,33,35,38,42,44,66H,4-7,9-10,12-15,17,20,23,26,29,32,34,36-37,39-41,43,45-65H2,1-3H3/b11-8-,18-16-,21-19-,24-22-,27-25-,30-28-,33-31-,38-35-,44-42-. The summed E-state index contributed by atoms with van der Waals surface area (Å²) in [6, 6.07) is 0. The van der Waals surface area contributed by atoms with Gasteiger partial charge in [0, 0.05) is 19.3 Å². The highest BCUT2D eigenvalue weighted by Crippen LogP contribution is 2.15. The Morgan fingerprint density at radius 3 is 0.813 bits per heavy atom. The molecule has 0 aliphatic rings. The highest BCUT2D eigenvalue weighted by molar-refractivity contribution is 5.71. The molecule has 0 spiro atoms. The van der Waals surface area contributed by atoms with E-state index in [1.807, 2.05) is 0 Å². The van der Waals surface area contributed by atoms with E-state index < -0.39 is 6.10 Å². The summed E-state index contributed by atoms with van der Waals surface area (Å²) in [7, 11) is 0. The van der Waals surface area contributed by atoms with Crippen molar-refractivity contribution >= 4 is 17.9 Å². The molecule has 0 bridgehead atoms. The molecule has 1 unspecified atom stereocenters. The lowest BCUT2D eigenvalue weighted by Crippen LogP contribution is -2.30. The summed E-state index contributed by atoms with van der Waals surface area (Å²) in [6.07, 6.45) is 85.7. The first-order valence-corrected chi connectivity index (χ1v) is 31.4. The maximum atomic E-state index is 12.8. The van der Waals surface area contributed by atoms with Crippen molar-refractivity contribution in [2.45, 2.75) is 297 Å². The summed E-state index contributed by atoms with van der Waals surface area (Å²) >= 11 is 0. The van der Waals surface area contributed by atoms with Crippen LogP contribution in [0.15, 0.2) is 109 Å². The maximum Gasteiger partial charge on any atom is 0.306 e. The second kappa shape index (κ2) is 62.6. The third kappa shape index (κ3) is 60.8. The van der Waals surface area contributed by atoms with Crippen LogP contribution in [0.1, 0.15) is 290 Å². The predicted octanol–water partition coefficient (Wildman–Crippen LogP) is 21.4. The molecule has 428 valence electrons. The number of hydrogen-bond donors (Lipinski definition) is 0. The van der Waals surface area contributed by atoms with E-state index in [0.29, 0.717) is 19.3 Å². The van der Waals surface area contributed by atoms with E-state index in [2.05, 4.69) is 130 Å². The van der Waals surface area contributed by atoms with Gasteiger partial charge in [0.1, 0.15) is 13.2 Å². The molecule has 0 fully saturated rings. The molecule has 0 saturated heterocycles. The first-order chi connectivity index (χ1) is 37.0. The number of hydrogen-bond acceptors (Lipinski definition) is 6. The number of esters is 3. The molecule has 75 heavy (non-hydrogen) atoms. The quantitative estimate of drug-likeness (QED) is 0.0261. The van der Waals surface area contributed by atoms with Crippen LogP contribution >= 0.6 is 0 Å². The van der Waals surface area contributed by atoms with E-state index in [1.54, 1.807) is 0 Å². The second-order valence-corrected chi connectivity index (χ2v) is 20.6. The van der Waals surface area contributed by atoms with Gasteiger partial charge < -0.3 is 14.2 Å². The third-order valence-corrected chi connectivity index (χ3v) is 13.3. The van der Waals surface area contributed by atoms with Gasteiger partial charge in [0.05, 0.1) is 0 Å². The third-order valence-electron chi connectivity index (χ3n) is 13.3. The first-order valence-electron chi connectivity index (χ1n) is 31.4. The van der Waals surface area contributed by atoms with Gasteiger partial charge in [0.2, 0.25) is 0 Å². The summed E-state index contributed by atoms with van der Waals surface area (Å²) in [6.45, 7) is 6.43. The zero-order valence-corrected chi connectivity index (χ0v) is 49.0. The Hall–Kier alpha value is -3.93. The minimum absolute atomic E-state index is 0.0855. The number of allylic oxidation sites excluding steroid dienone is 18. The van der Waals surface area contributed by atoms with Crippen molar-refractivity contribution in [2.75, 3.05) is 13.2 Å². The van der Waals surface area contributed by atoms with Crippen molar-refractivity contribution < 1.29 is 28.6 Å². The van der Waals surface area contributed by atoms with Crippen LogP contribution in [0.4, 0.5) is 0 Å². The van der Waals surface area contributed by atoms with Gasteiger partial charge in [-0.05, 0) is 109 Å². The minimum Gasteiger partial charge on any atom is -0.462 e. The Labute approximate surface area is 463 Å². The Morgan fingerprint density at radius 1 is 0.280 bits per heavy atom. The van der Waals surface area contributed by atoms with Gasteiger partial charge in [-0.25, -0.2) is 0 Å². The smallest absolute Gasteiger partial charge is 0.306 e. The molecule has 0 aliphatic heterocycles. The van der Waals surface area contributed by atoms with Crippen molar-refractivity contribution in [3.63, 3.8) is 0 Å². The lowest BCUT2D eigenvalue weighted by atomic mass is 10.0. The normalized spacial score (nSPS) is 12.8. The summed E-state index contributed by atoms with van der Waals surface area (Å²) in [4.78, 5) is 37.9. The van der Waals surface area contributed by atoms with Gasteiger partial charge in [0.25, 0.3) is 0 Å². The van der Waals surface area contributed by atoms with Crippen LogP contribution in [0.2, 0.25) is 0 Å². The lowest BCUT2D eigenvalue weighted by Gasteiger charge is -2.18. The highest BCUT2D eigenvalue weighted by Gasteiger charge is 2.19. The lowest BCUT2D eigenvalue weighted by molar-refractivity contribution is -0.167. The van der Waals surface area contributed by atoms with Crippen LogP contribution in [-0.4, -0.2) is 37.2 Å². The van der Waals surface area contributed by atoms with E-state index in [0.717, 1.165) is 128 Å². The molecular formula is C69H116O6. The fourth-order valence-corrected chi connectivity index (χ4v) is 8.57. The average molecular weight is 1040 g/mol. The van der Waals surface area contributed by atoms with E-state index in [9.17, 15) is 14.4 Å². The molecule has 0 aliphatic carbocycles. The summed E-state index contributed by atoms with van der Waals surface area (Å²) in [5, 5.41) is 0. The zero-order chi connectivity index (χ0) is 54.3. The van der Waals surface area contributed by atoms with Crippen molar-refractivity contribution in [1.82, 2.24) is 0 Å². The molecule has 0 aromatic heterocycles. The van der Waals surface area contributed by atoms with Crippen LogP contribution in [0, 0.1) is 0 Å². The molecule has 0 saturated carbocycles. The van der Waals surface area contributed by atoms with Crippen LogP contribution in [0.5, 0.6) is 0 Å². The Kier molecular flexibility index (Phi) is 59.3. The van der Waals surface area contributed by atoms with Crippen molar-refractivity contribution in [2.24, 2.45) is 0 Å². The zero-order valence-electron chi connectivity index (χ0n) is 49.0. The molecule has 0 heterocycles. The van der Waals surface area contributed by atoms with E-state index in [-0.39, 0.29) is 31.1 Å². The van der Waals surface area contributed by atoms with Gasteiger partial charge >= 0.3 is 17.9 Å². The number of carbonyl (C=O) groups excluding carboxylic acids is 3. The minimum atomic E-state index is -0.786. The molecular weight excluding hydrogens is 925 g/mol. The summed E-state index contributed by atoms with van der Waals surface area (Å²) in [5.74, 6) is -0.913. The largest absolute Gasteiger partial charge is 0.462 e. The summed E-state index contributed by atoms with van der Waals surface area (Å²) in [5.41, 5.74) is 0. The van der Waals surface area contributed by atoms with Gasteiger partial charge in [0.15, 0.2) is 6.10 Å². The highest BCUT2D eigenvalue weighted by atomic mass is 16.6. The molecule has 0 amide bonds.